The Morgan fingerprint density at radius 2 is 2.31 bits per heavy atom. The van der Waals surface area contributed by atoms with Crippen LogP contribution in [-0.4, -0.2) is 16.1 Å². The Morgan fingerprint density at radius 1 is 1.56 bits per heavy atom. The first-order chi connectivity index (χ1) is 7.63. The van der Waals surface area contributed by atoms with Gasteiger partial charge in [-0.05, 0) is 23.4 Å². The number of carbonyl (C=O) groups is 1. The van der Waals surface area contributed by atoms with Crippen molar-refractivity contribution >= 4 is 16.9 Å². The largest absolute Gasteiger partial charge is 0.480 e. The summed E-state index contributed by atoms with van der Waals surface area (Å²) in [5.74, 6) is -1.02. The van der Waals surface area contributed by atoms with E-state index >= 15 is 0 Å². The first kappa shape index (κ1) is 10.7. The molecule has 0 aliphatic heterocycles. The van der Waals surface area contributed by atoms with Crippen molar-refractivity contribution in [3.05, 3.63) is 35.5 Å². The fraction of sp³-hybridized carbons (Fsp3) is 0.250. The van der Waals surface area contributed by atoms with Gasteiger partial charge in [-0.15, -0.1) is 0 Å². The zero-order chi connectivity index (χ0) is 11.7. The molecule has 84 valence electrons. The van der Waals surface area contributed by atoms with Gasteiger partial charge in [0, 0.05) is 11.2 Å². The number of fused-ring (bicyclic) bond motifs is 1. The number of nitrogens with two attached hydrogens (primary N) is 1. The summed E-state index contributed by atoms with van der Waals surface area (Å²) in [6.07, 6.45) is 0.902. The maximum atomic E-state index is 10.8. The molecular formula is C12H14N2O2. The second-order valence-corrected chi connectivity index (χ2v) is 3.78. The van der Waals surface area contributed by atoms with Crippen molar-refractivity contribution in [1.29, 1.82) is 0 Å². The van der Waals surface area contributed by atoms with Gasteiger partial charge in [0.1, 0.15) is 6.04 Å². The van der Waals surface area contributed by atoms with Crippen molar-refractivity contribution in [3.63, 3.8) is 0 Å². The molecule has 2 rings (SSSR count). The van der Waals surface area contributed by atoms with Gasteiger partial charge in [0.2, 0.25) is 0 Å². The molecule has 16 heavy (non-hydrogen) atoms. The predicted molar refractivity (Wildman–Crippen MR) is 62.2 cm³/mol. The Balaban J connectivity index is 2.55. The highest BCUT2D eigenvalue weighted by molar-refractivity contribution is 5.86. The molecule has 0 fully saturated rings. The second-order valence-electron chi connectivity index (χ2n) is 3.78. The molecule has 0 radical (unpaired) electrons. The summed E-state index contributed by atoms with van der Waals surface area (Å²) >= 11 is 0. The van der Waals surface area contributed by atoms with Crippen LogP contribution in [0.25, 0.3) is 10.9 Å². The Labute approximate surface area is 93.1 Å². The molecule has 0 bridgehead atoms. The minimum atomic E-state index is -1.02. The lowest BCUT2D eigenvalue weighted by Gasteiger charge is -2.02. The molecule has 1 unspecified atom stereocenters. The molecule has 2 aromatic rings. The third-order valence-corrected chi connectivity index (χ3v) is 2.75. The van der Waals surface area contributed by atoms with Gasteiger partial charge in [-0.2, -0.15) is 0 Å². The van der Waals surface area contributed by atoms with E-state index in [1.54, 1.807) is 6.07 Å². The van der Waals surface area contributed by atoms with Gasteiger partial charge >= 0.3 is 5.97 Å². The fourth-order valence-corrected chi connectivity index (χ4v) is 1.84. The minimum Gasteiger partial charge on any atom is -0.480 e. The quantitative estimate of drug-likeness (QED) is 0.735. The van der Waals surface area contributed by atoms with Crippen LogP contribution < -0.4 is 5.73 Å². The predicted octanol–water partition coefficient (Wildman–Crippen LogP) is 1.81. The maximum absolute atomic E-state index is 10.8. The zero-order valence-corrected chi connectivity index (χ0v) is 9.03. The summed E-state index contributed by atoms with van der Waals surface area (Å²) in [5.41, 5.74) is 8.26. The smallest absolute Gasteiger partial charge is 0.326 e. The van der Waals surface area contributed by atoms with Crippen LogP contribution in [0.1, 0.15) is 24.2 Å². The van der Waals surface area contributed by atoms with Gasteiger partial charge in [-0.3, -0.25) is 4.79 Å². The van der Waals surface area contributed by atoms with Gasteiger partial charge in [0.15, 0.2) is 0 Å². The van der Waals surface area contributed by atoms with E-state index in [-0.39, 0.29) is 0 Å². The zero-order valence-electron chi connectivity index (χ0n) is 9.03. The highest BCUT2D eigenvalue weighted by Gasteiger charge is 2.16. The van der Waals surface area contributed by atoms with E-state index in [4.69, 9.17) is 10.8 Å². The number of rotatable bonds is 3. The van der Waals surface area contributed by atoms with Gasteiger partial charge in [-0.1, -0.05) is 25.1 Å². The van der Waals surface area contributed by atoms with Crippen molar-refractivity contribution in [3.8, 4) is 0 Å². The van der Waals surface area contributed by atoms with E-state index in [9.17, 15) is 4.79 Å². The molecule has 0 saturated carbocycles. The van der Waals surface area contributed by atoms with E-state index in [1.165, 1.54) is 5.56 Å². The Hall–Kier alpha value is -1.81. The van der Waals surface area contributed by atoms with Crippen LogP contribution >= 0.6 is 0 Å². The number of carboxylic acids is 1. The molecule has 0 amide bonds. The highest BCUT2D eigenvalue weighted by Crippen LogP contribution is 2.22. The molecular weight excluding hydrogens is 204 g/mol. The second kappa shape index (κ2) is 3.98. The van der Waals surface area contributed by atoms with Crippen LogP contribution in [0.15, 0.2) is 24.3 Å². The normalized spacial score (nSPS) is 12.9. The minimum absolute atomic E-state index is 0.545. The molecule has 0 aliphatic carbocycles. The molecule has 1 aromatic carbocycles. The number of nitrogens with one attached hydrogen (secondary N) is 1. The molecule has 4 N–H and O–H groups in total. The molecule has 1 heterocycles. The summed E-state index contributed by atoms with van der Waals surface area (Å²) in [5, 5.41) is 9.85. The van der Waals surface area contributed by atoms with E-state index in [1.807, 2.05) is 18.2 Å². The lowest BCUT2D eigenvalue weighted by atomic mass is 10.1. The summed E-state index contributed by atoms with van der Waals surface area (Å²) in [6, 6.07) is 6.74. The standard InChI is InChI=1S/C12H14N2O2/c1-2-7-4-3-5-8-6-9(14-11(7)8)10(13)12(15)16/h3-6,10,14H,2,13H2,1H3,(H,15,16). The number of aromatic nitrogens is 1. The first-order valence-corrected chi connectivity index (χ1v) is 5.22. The summed E-state index contributed by atoms with van der Waals surface area (Å²) in [6.45, 7) is 2.06. The van der Waals surface area contributed by atoms with E-state index < -0.39 is 12.0 Å². The van der Waals surface area contributed by atoms with Gasteiger partial charge in [0.25, 0.3) is 0 Å². The number of aliphatic carboxylic acids is 1. The van der Waals surface area contributed by atoms with Crippen LogP contribution in [-0.2, 0) is 11.2 Å². The van der Waals surface area contributed by atoms with Crippen LogP contribution in [0.2, 0.25) is 0 Å². The first-order valence-electron chi connectivity index (χ1n) is 5.22. The van der Waals surface area contributed by atoms with Crippen molar-refractivity contribution in [2.75, 3.05) is 0 Å². The van der Waals surface area contributed by atoms with E-state index in [0.29, 0.717) is 5.69 Å². The molecule has 0 saturated heterocycles. The number of aryl methyl sites for hydroxylation is 1. The third kappa shape index (κ3) is 1.67. The molecule has 1 atom stereocenters. The Kier molecular flexibility index (Phi) is 2.66. The van der Waals surface area contributed by atoms with Crippen molar-refractivity contribution in [2.45, 2.75) is 19.4 Å². The monoisotopic (exact) mass is 218 g/mol. The number of aromatic amines is 1. The number of H-pyrrole nitrogens is 1. The van der Waals surface area contributed by atoms with Crippen LogP contribution in [0.5, 0.6) is 0 Å². The molecule has 4 heteroatoms. The number of carboxylic acid groups (broad SMARTS) is 1. The lowest BCUT2D eigenvalue weighted by Crippen LogP contribution is -2.20. The molecule has 1 aromatic heterocycles. The summed E-state index contributed by atoms with van der Waals surface area (Å²) in [4.78, 5) is 13.9. The molecule has 0 aliphatic rings. The third-order valence-electron chi connectivity index (χ3n) is 2.75. The molecule has 4 nitrogen and oxygen atoms in total. The van der Waals surface area contributed by atoms with Gasteiger partial charge in [-0.25, -0.2) is 0 Å². The van der Waals surface area contributed by atoms with Gasteiger partial charge in [0.05, 0.1) is 0 Å². The summed E-state index contributed by atoms with van der Waals surface area (Å²) in [7, 11) is 0. The Bertz CT molecular complexity index is 531. The number of benzene rings is 1. The van der Waals surface area contributed by atoms with Crippen LogP contribution in [0.4, 0.5) is 0 Å². The number of hydrogen-bond donors (Lipinski definition) is 3. The Morgan fingerprint density at radius 3 is 2.94 bits per heavy atom. The van der Waals surface area contributed by atoms with Crippen molar-refractivity contribution in [2.24, 2.45) is 5.73 Å². The lowest BCUT2D eigenvalue weighted by molar-refractivity contribution is -0.138. The van der Waals surface area contributed by atoms with Crippen molar-refractivity contribution < 1.29 is 9.90 Å². The molecule has 0 spiro atoms. The number of para-hydroxylation sites is 1. The average molecular weight is 218 g/mol. The SMILES string of the molecule is CCc1cccc2cc(C(N)C(=O)O)[nH]c12. The average Bonchev–Trinajstić information content (AvgIpc) is 2.70. The van der Waals surface area contributed by atoms with Crippen molar-refractivity contribution in [1.82, 2.24) is 4.98 Å². The fourth-order valence-electron chi connectivity index (χ4n) is 1.84. The highest BCUT2D eigenvalue weighted by atomic mass is 16.4. The summed E-state index contributed by atoms with van der Waals surface area (Å²) < 4.78 is 0. The topological polar surface area (TPSA) is 79.1 Å². The van der Waals surface area contributed by atoms with E-state index in [0.717, 1.165) is 17.3 Å². The van der Waals surface area contributed by atoms with E-state index in [2.05, 4.69) is 11.9 Å². The van der Waals surface area contributed by atoms with Gasteiger partial charge < -0.3 is 15.8 Å². The number of hydrogen-bond acceptors (Lipinski definition) is 2. The van der Waals surface area contributed by atoms with Crippen LogP contribution in [0, 0.1) is 0 Å². The maximum Gasteiger partial charge on any atom is 0.326 e. The van der Waals surface area contributed by atoms with Crippen LogP contribution in [0.3, 0.4) is 0 Å².